The number of hydrogen-bond acceptors (Lipinski definition) is 4. The molecule has 0 radical (unpaired) electrons. The van der Waals surface area contributed by atoms with E-state index in [-0.39, 0.29) is 5.91 Å². The third kappa shape index (κ3) is 3.53. The molecule has 1 aliphatic rings. The standard InChI is InChI=1S/C12H21N5O/c1-2-13-7-11-3-5-16(6-4-11)12(18)8-17-10-14-9-15-17/h9-11,13H,2-8H2,1H3. The van der Waals surface area contributed by atoms with Crippen LogP contribution in [0.4, 0.5) is 0 Å². The summed E-state index contributed by atoms with van der Waals surface area (Å²) in [7, 11) is 0. The van der Waals surface area contributed by atoms with Gasteiger partial charge in [0.05, 0.1) is 0 Å². The van der Waals surface area contributed by atoms with E-state index in [4.69, 9.17) is 0 Å². The van der Waals surface area contributed by atoms with Crippen LogP contribution in [0.2, 0.25) is 0 Å². The second-order valence-electron chi connectivity index (χ2n) is 4.72. The number of aromatic nitrogens is 3. The van der Waals surface area contributed by atoms with Crippen molar-refractivity contribution in [2.45, 2.75) is 26.3 Å². The summed E-state index contributed by atoms with van der Waals surface area (Å²) in [5, 5.41) is 7.33. The van der Waals surface area contributed by atoms with Gasteiger partial charge in [0.25, 0.3) is 0 Å². The Kier molecular flexibility index (Phi) is 4.69. The van der Waals surface area contributed by atoms with E-state index in [2.05, 4.69) is 22.3 Å². The van der Waals surface area contributed by atoms with Crippen LogP contribution in [0, 0.1) is 5.92 Å². The average molecular weight is 251 g/mol. The largest absolute Gasteiger partial charge is 0.341 e. The van der Waals surface area contributed by atoms with Crippen LogP contribution in [0.3, 0.4) is 0 Å². The number of piperidine rings is 1. The first-order valence-electron chi connectivity index (χ1n) is 6.60. The average Bonchev–Trinajstić information content (AvgIpc) is 2.89. The molecule has 0 bridgehead atoms. The fraction of sp³-hybridized carbons (Fsp3) is 0.750. The van der Waals surface area contributed by atoms with E-state index in [1.807, 2.05) is 4.90 Å². The minimum Gasteiger partial charge on any atom is -0.341 e. The van der Waals surface area contributed by atoms with Gasteiger partial charge in [-0.1, -0.05) is 6.92 Å². The van der Waals surface area contributed by atoms with Gasteiger partial charge >= 0.3 is 0 Å². The van der Waals surface area contributed by atoms with Crippen LogP contribution in [-0.4, -0.2) is 51.8 Å². The minimum atomic E-state index is 0.141. The number of nitrogens with one attached hydrogen (secondary N) is 1. The molecule has 1 fully saturated rings. The molecule has 18 heavy (non-hydrogen) atoms. The Morgan fingerprint density at radius 3 is 2.83 bits per heavy atom. The highest BCUT2D eigenvalue weighted by molar-refractivity contribution is 5.75. The number of hydrogen-bond donors (Lipinski definition) is 1. The zero-order valence-electron chi connectivity index (χ0n) is 10.9. The molecule has 0 saturated carbocycles. The van der Waals surface area contributed by atoms with Crippen molar-refractivity contribution in [2.24, 2.45) is 5.92 Å². The smallest absolute Gasteiger partial charge is 0.244 e. The van der Waals surface area contributed by atoms with Crippen LogP contribution >= 0.6 is 0 Å². The first-order chi connectivity index (χ1) is 8.79. The first kappa shape index (κ1) is 13.0. The van der Waals surface area contributed by atoms with Crippen LogP contribution in [0.25, 0.3) is 0 Å². The molecular weight excluding hydrogens is 230 g/mol. The lowest BCUT2D eigenvalue weighted by Gasteiger charge is -2.32. The van der Waals surface area contributed by atoms with Gasteiger partial charge < -0.3 is 10.2 Å². The number of amides is 1. The summed E-state index contributed by atoms with van der Waals surface area (Å²) >= 11 is 0. The van der Waals surface area contributed by atoms with Gasteiger partial charge in [0.1, 0.15) is 19.2 Å². The van der Waals surface area contributed by atoms with Crippen LogP contribution in [0.1, 0.15) is 19.8 Å². The summed E-state index contributed by atoms with van der Waals surface area (Å²) in [6.45, 7) is 6.24. The van der Waals surface area contributed by atoms with E-state index in [9.17, 15) is 4.79 Å². The molecule has 1 aromatic heterocycles. The van der Waals surface area contributed by atoms with Crippen molar-refractivity contribution in [3.63, 3.8) is 0 Å². The molecule has 0 unspecified atom stereocenters. The van der Waals surface area contributed by atoms with E-state index < -0.39 is 0 Å². The third-order valence-corrected chi connectivity index (χ3v) is 3.41. The van der Waals surface area contributed by atoms with Gasteiger partial charge in [-0.2, -0.15) is 5.10 Å². The fourth-order valence-electron chi connectivity index (χ4n) is 2.29. The summed E-state index contributed by atoms with van der Waals surface area (Å²) in [5.74, 6) is 0.850. The predicted molar refractivity (Wildman–Crippen MR) is 67.9 cm³/mol. The van der Waals surface area contributed by atoms with Gasteiger partial charge in [0.15, 0.2) is 0 Å². The molecule has 1 amide bonds. The second kappa shape index (κ2) is 6.49. The molecule has 0 spiro atoms. The lowest BCUT2D eigenvalue weighted by Crippen LogP contribution is -2.42. The zero-order valence-corrected chi connectivity index (χ0v) is 10.9. The molecule has 100 valence electrons. The van der Waals surface area contributed by atoms with Crippen molar-refractivity contribution in [3.8, 4) is 0 Å². The summed E-state index contributed by atoms with van der Waals surface area (Å²) in [5.41, 5.74) is 0. The van der Waals surface area contributed by atoms with Crippen LogP contribution in [0.5, 0.6) is 0 Å². The van der Waals surface area contributed by atoms with Gasteiger partial charge in [0, 0.05) is 13.1 Å². The van der Waals surface area contributed by atoms with Crippen molar-refractivity contribution in [2.75, 3.05) is 26.2 Å². The normalized spacial score (nSPS) is 17.1. The van der Waals surface area contributed by atoms with E-state index in [1.54, 1.807) is 11.0 Å². The van der Waals surface area contributed by atoms with E-state index in [0.29, 0.717) is 12.5 Å². The fourth-order valence-corrected chi connectivity index (χ4v) is 2.29. The molecule has 6 nitrogen and oxygen atoms in total. The van der Waals surface area contributed by atoms with Crippen LogP contribution in [0.15, 0.2) is 12.7 Å². The van der Waals surface area contributed by atoms with E-state index in [1.165, 1.54) is 6.33 Å². The third-order valence-electron chi connectivity index (χ3n) is 3.41. The number of carbonyl (C=O) groups excluding carboxylic acids is 1. The Balaban J connectivity index is 1.73. The van der Waals surface area contributed by atoms with Crippen molar-refractivity contribution < 1.29 is 4.79 Å². The quantitative estimate of drug-likeness (QED) is 0.808. The molecule has 1 saturated heterocycles. The summed E-state index contributed by atoms with van der Waals surface area (Å²) in [6.07, 6.45) is 5.22. The molecule has 0 atom stereocenters. The van der Waals surface area contributed by atoms with Crippen molar-refractivity contribution in [1.82, 2.24) is 25.0 Å². The Hall–Kier alpha value is -1.43. The van der Waals surface area contributed by atoms with Crippen LogP contribution < -0.4 is 5.32 Å². The molecule has 0 aromatic carbocycles. The Morgan fingerprint density at radius 2 is 2.22 bits per heavy atom. The van der Waals surface area contributed by atoms with Gasteiger partial charge in [-0.15, -0.1) is 0 Å². The lowest BCUT2D eigenvalue weighted by atomic mass is 9.97. The molecule has 2 rings (SSSR count). The number of rotatable bonds is 5. The molecule has 0 aliphatic carbocycles. The molecule has 1 aliphatic heterocycles. The second-order valence-corrected chi connectivity index (χ2v) is 4.72. The highest BCUT2D eigenvalue weighted by atomic mass is 16.2. The van der Waals surface area contributed by atoms with Crippen molar-refractivity contribution in [3.05, 3.63) is 12.7 Å². The molecule has 1 aromatic rings. The number of carbonyl (C=O) groups is 1. The highest BCUT2D eigenvalue weighted by Crippen LogP contribution is 2.16. The SMILES string of the molecule is CCNCC1CCN(C(=O)Cn2cncn2)CC1. The Morgan fingerprint density at radius 1 is 1.44 bits per heavy atom. The Bertz CT molecular complexity index is 357. The van der Waals surface area contributed by atoms with E-state index >= 15 is 0 Å². The summed E-state index contributed by atoms with van der Waals surface area (Å²) in [4.78, 5) is 17.8. The maximum absolute atomic E-state index is 12.0. The topological polar surface area (TPSA) is 63.1 Å². The number of likely N-dealkylation sites (tertiary alicyclic amines) is 1. The van der Waals surface area contributed by atoms with Gasteiger partial charge in [0.2, 0.25) is 5.91 Å². The van der Waals surface area contributed by atoms with Gasteiger partial charge in [-0.25, -0.2) is 9.67 Å². The van der Waals surface area contributed by atoms with Crippen molar-refractivity contribution in [1.29, 1.82) is 0 Å². The van der Waals surface area contributed by atoms with Crippen molar-refractivity contribution >= 4 is 5.91 Å². The summed E-state index contributed by atoms with van der Waals surface area (Å²) < 4.78 is 1.58. The Labute approximate surface area is 107 Å². The van der Waals surface area contributed by atoms with Crippen LogP contribution in [-0.2, 0) is 11.3 Å². The lowest BCUT2D eigenvalue weighted by molar-refractivity contribution is -0.133. The number of nitrogens with zero attached hydrogens (tertiary/aromatic N) is 4. The zero-order chi connectivity index (χ0) is 12.8. The molecule has 1 N–H and O–H groups in total. The summed E-state index contributed by atoms with van der Waals surface area (Å²) in [6, 6.07) is 0. The maximum Gasteiger partial charge on any atom is 0.244 e. The highest BCUT2D eigenvalue weighted by Gasteiger charge is 2.22. The monoisotopic (exact) mass is 251 g/mol. The maximum atomic E-state index is 12.0. The molecular formula is C12H21N5O. The molecule has 6 heteroatoms. The predicted octanol–water partition coefficient (Wildman–Crippen LogP) is 0.126. The minimum absolute atomic E-state index is 0.141. The van der Waals surface area contributed by atoms with E-state index in [0.717, 1.165) is 39.0 Å². The molecule has 2 heterocycles. The first-order valence-corrected chi connectivity index (χ1v) is 6.60. The van der Waals surface area contributed by atoms with Gasteiger partial charge in [-0.3, -0.25) is 4.79 Å². The van der Waals surface area contributed by atoms with Gasteiger partial charge in [-0.05, 0) is 31.8 Å².